The number of rotatable bonds is 6. The van der Waals surface area contributed by atoms with E-state index in [2.05, 4.69) is 0 Å². The molecule has 0 fully saturated rings. The Hall–Kier alpha value is -2.75. The predicted molar refractivity (Wildman–Crippen MR) is 85.3 cm³/mol. The molecule has 4 nitrogen and oxygen atoms in total. The molecule has 0 radical (unpaired) electrons. The third-order valence-corrected chi connectivity index (χ3v) is 3.05. The van der Waals surface area contributed by atoms with Crippen molar-refractivity contribution in [1.29, 1.82) is 0 Å². The van der Waals surface area contributed by atoms with Crippen LogP contribution in [0.4, 0.5) is 0 Å². The van der Waals surface area contributed by atoms with Crippen LogP contribution in [0, 0.1) is 0 Å². The lowest BCUT2D eigenvalue weighted by molar-refractivity contribution is 0.0550. The van der Waals surface area contributed by atoms with E-state index in [1.54, 1.807) is 44.6 Å². The summed E-state index contributed by atoms with van der Waals surface area (Å²) in [6.45, 7) is 0.189. The van der Waals surface area contributed by atoms with Gasteiger partial charge in [0.05, 0.1) is 19.8 Å². The topological polar surface area (TPSA) is 44.8 Å². The van der Waals surface area contributed by atoms with Crippen LogP contribution < -0.4 is 9.47 Å². The van der Waals surface area contributed by atoms with Gasteiger partial charge in [-0.3, -0.25) is 0 Å². The van der Waals surface area contributed by atoms with Gasteiger partial charge >= 0.3 is 5.97 Å². The summed E-state index contributed by atoms with van der Waals surface area (Å²) in [5, 5.41) is 0. The van der Waals surface area contributed by atoms with E-state index < -0.39 is 0 Å². The van der Waals surface area contributed by atoms with Crippen LogP contribution in [0.5, 0.6) is 11.5 Å². The second kappa shape index (κ2) is 7.88. The van der Waals surface area contributed by atoms with Crippen molar-refractivity contribution in [3.8, 4) is 11.5 Å². The van der Waals surface area contributed by atoms with Crippen molar-refractivity contribution in [2.75, 3.05) is 20.8 Å². The first kappa shape index (κ1) is 15.6. The molecule has 114 valence electrons. The largest absolute Gasteiger partial charge is 0.493 e. The van der Waals surface area contributed by atoms with Crippen molar-refractivity contribution in [2.45, 2.75) is 0 Å². The van der Waals surface area contributed by atoms with Crippen molar-refractivity contribution in [2.24, 2.45) is 0 Å². The maximum absolute atomic E-state index is 11.8. The molecular formula is C18H18O4. The van der Waals surface area contributed by atoms with E-state index in [4.69, 9.17) is 14.2 Å². The molecule has 0 aliphatic carbocycles. The molecule has 0 aliphatic rings. The van der Waals surface area contributed by atoms with Gasteiger partial charge in [-0.1, -0.05) is 36.4 Å². The summed E-state index contributed by atoms with van der Waals surface area (Å²) in [4.78, 5) is 11.8. The zero-order chi connectivity index (χ0) is 15.8. The summed E-state index contributed by atoms with van der Waals surface area (Å²) in [6.07, 6.45) is 3.60. The highest BCUT2D eigenvalue weighted by molar-refractivity contribution is 5.89. The molecule has 0 heterocycles. The van der Waals surface area contributed by atoms with Gasteiger partial charge in [0.15, 0.2) is 11.5 Å². The Morgan fingerprint density at radius 3 is 2.45 bits per heavy atom. The lowest BCUT2D eigenvalue weighted by Gasteiger charge is -2.09. The predicted octanol–water partition coefficient (Wildman–Crippen LogP) is 3.57. The van der Waals surface area contributed by atoms with Gasteiger partial charge in [-0.25, -0.2) is 4.79 Å². The quantitative estimate of drug-likeness (QED) is 0.765. The van der Waals surface area contributed by atoms with Gasteiger partial charge in [-0.2, -0.15) is 0 Å². The number of carbonyl (C=O) groups is 1. The number of benzene rings is 2. The molecule has 0 bridgehead atoms. The van der Waals surface area contributed by atoms with Crippen molar-refractivity contribution in [3.05, 3.63) is 65.7 Å². The Bertz CT molecular complexity index is 647. The molecule has 0 saturated heterocycles. The maximum Gasteiger partial charge on any atom is 0.338 e. The fourth-order valence-electron chi connectivity index (χ4n) is 2.00. The van der Waals surface area contributed by atoms with Gasteiger partial charge in [0.2, 0.25) is 0 Å². The van der Waals surface area contributed by atoms with Crippen LogP contribution in [0.3, 0.4) is 0 Å². The lowest BCUT2D eigenvalue weighted by Crippen LogP contribution is -2.04. The number of hydrogen-bond donors (Lipinski definition) is 0. The Morgan fingerprint density at radius 1 is 1.00 bits per heavy atom. The minimum absolute atomic E-state index is 0.189. The molecule has 2 aromatic carbocycles. The van der Waals surface area contributed by atoms with Crippen LogP contribution in [0.25, 0.3) is 6.08 Å². The molecule has 0 aliphatic heterocycles. The van der Waals surface area contributed by atoms with Crippen molar-refractivity contribution < 1.29 is 19.0 Å². The minimum Gasteiger partial charge on any atom is -0.493 e. The fourth-order valence-corrected chi connectivity index (χ4v) is 2.00. The van der Waals surface area contributed by atoms with E-state index in [9.17, 15) is 4.79 Å². The highest BCUT2D eigenvalue weighted by atomic mass is 16.5. The zero-order valence-electron chi connectivity index (χ0n) is 12.6. The van der Waals surface area contributed by atoms with Gasteiger partial charge in [-0.05, 0) is 24.3 Å². The van der Waals surface area contributed by atoms with Gasteiger partial charge in [0.25, 0.3) is 0 Å². The van der Waals surface area contributed by atoms with Crippen LogP contribution in [0.1, 0.15) is 15.9 Å². The Balaban J connectivity index is 1.97. The van der Waals surface area contributed by atoms with Crippen molar-refractivity contribution in [3.63, 3.8) is 0 Å². The molecule has 0 spiro atoms. The molecule has 4 heteroatoms. The summed E-state index contributed by atoms with van der Waals surface area (Å²) in [6, 6.07) is 14.5. The van der Waals surface area contributed by atoms with Crippen LogP contribution in [-0.4, -0.2) is 26.8 Å². The van der Waals surface area contributed by atoms with Gasteiger partial charge < -0.3 is 14.2 Å². The number of ether oxygens (including phenoxy) is 3. The summed E-state index contributed by atoms with van der Waals surface area (Å²) in [5.41, 5.74) is 1.40. The molecular weight excluding hydrogens is 280 g/mol. The number of hydrogen-bond acceptors (Lipinski definition) is 4. The molecule has 2 aromatic rings. The van der Waals surface area contributed by atoms with Gasteiger partial charge in [-0.15, -0.1) is 0 Å². The van der Waals surface area contributed by atoms with E-state index >= 15 is 0 Å². The second-order valence-electron chi connectivity index (χ2n) is 4.45. The van der Waals surface area contributed by atoms with E-state index in [0.717, 1.165) is 5.56 Å². The van der Waals surface area contributed by atoms with E-state index in [1.165, 1.54) is 0 Å². The average Bonchev–Trinajstić information content (AvgIpc) is 2.58. The highest BCUT2D eigenvalue weighted by Gasteiger charge is 2.07. The monoisotopic (exact) mass is 298 g/mol. The Kier molecular flexibility index (Phi) is 5.60. The molecule has 0 unspecified atom stereocenters. The molecule has 0 saturated carbocycles. The normalized spacial score (nSPS) is 10.5. The first-order chi connectivity index (χ1) is 10.8. The zero-order valence-corrected chi connectivity index (χ0v) is 12.6. The van der Waals surface area contributed by atoms with Crippen molar-refractivity contribution in [1.82, 2.24) is 0 Å². The second-order valence-corrected chi connectivity index (χ2v) is 4.45. The van der Waals surface area contributed by atoms with E-state index in [0.29, 0.717) is 17.1 Å². The molecule has 0 aromatic heterocycles. The average molecular weight is 298 g/mol. The van der Waals surface area contributed by atoms with Crippen LogP contribution in [-0.2, 0) is 4.74 Å². The number of para-hydroxylation sites is 1. The van der Waals surface area contributed by atoms with Crippen LogP contribution in [0.2, 0.25) is 0 Å². The number of carbonyl (C=O) groups excluding carboxylic acids is 1. The molecule has 0 atom stereocenters. The molecule has 0 N–H and O–H groups in total. The maximum atomic E-state index is 11.8. The lowest BCUT2D eigenvalue weighted by atomic mass is 10.1. The summed E-state index contributed by atoms with van der Waals surface area (Å²) < 4.78 is 15.7. The molecule has 0 amide bonds. The summed E-state index contributed by atoms with van der Waals surface area (Å²) >= 11 is 0. The molecule has 2 rings (SSSR count). The minimum atomic E-state index is -0.345. The summed E-state index contributed by atoms with van der Waals surface area (Å²) in [7, 11) is 3.18. The third-order valence-electron chi connectivity index (χ3n) is 3.05. The van der Waals surface area contributed by atoms with Gasteiger partial charge in [0.1, 0.15) is 6.61 Å². The smallest absolute Gasteiger partial charge is 0.338 e. The molecule has 22 heavy (non-hydrogen) atoms. The standard InChI is InChI=1S/C18H18O4/c1-20-16-12-6-10-14(17(16)21-2)11-7-13-22-18(19)15-8-4-3-5-9-15/h3-12H,13H2,1-2H3/b11-7+. The number of esters is 1. The Morgan fingerprint density at radius 2 is 1.77 bits per heavy atom. The van der Waals surface area contributed by atoms with E-state index in [1.807, 2.05) is 30.3 Å². The fraction of sp³-hybridized carbons (Fsp3) is 0.167. The van der Waals surface area contributed by atoms with Gasteiger partial charge in [0, 0.05) is 5.56 Å². The van der Waals surface area contributed by atoms with Crippen LogP contribution in [0.15, 0.2) is 54.6 Å². The third kappa shape index (κ3) is 3.88. The van der Waals surface area contributed by atoms with Crippen LogP contribution >= 0.6 is 0 Å². The first-order valence-electron chi connectivity index (χ1n) is 6.86. The Labute approximate surface area is 129 Å². The number of methoxy groups -OCH3 is 2. The summed E-state index contributed by atoms with van der Waals surface area (Å²) in [5.74, 6) is 0.962. The first-order valence-corrected chi connectivity index (χ1v) is 6.86. The highest BCUT2D eigenvalue weighted by Crippen LogP contribution is 2.31. The van der Waals surface area contributed by atoms with Crippen molar-refractivity contribution >= 4 is 12.0 Å². The van der Waals surface area contributed by atoms with E-state index in [-0.39, 0.29) is 12.6 Å². The SMILES string of the molecule is COc1cccc(/C=C/COC(=O)c2ccccc2)c1OC.